The van der Waals surface area contributed by atoms with Gasteiger partial charge in [-0.05, 0) is 59.1 Å². The Balaban J connectivity index is 1.68. The zero-order valence-corrected chi connectivity index (χ0v) is 15.3. The molecule has 1 heterocycles. The van der Waals surface area contributed by atoms with Gasteiger partial charge in [0.15, 0.2) is 0 Å². The highest BCUT2D eigenvalue weighted by atomic mass is 79.9. The molecule has 0 saturated heterocycles. The van der Waals surface area contributed by atoms with Crippen molar-refractivity contribution in [2.75, 3.05) is 10.6 Å². The van der Waals surface area contributed by atoms with Gasteiger partial charge in [-0.3, -0.25) is 0 Å². The molecule has 0 aliphatic rings. The third-order valence-corrected chi connectivity index (χ3v) is 4.28. The van der Waals surface area contributed by atoms with E-state index in [9.17, 15) is 0 Å². The van der Waals surface area contributed by atoms with E-state index in [-0.39, 0.29) is 0 Å². The van der Waals surface area contributed by atoms with Gasteiger partial charge < -0.3 is 10.6 Å². The predicted octanol–water partition coefficient (Wildman–Crippen LogP) is 5.21. The van der Waals surface area contributed by atoms with E-state index in [1.165, 1.54) is 16.7 Å². The zero-order valence-electron chi connectivity index (χ0n) is 13.7. The molecule has 4 nitrogen and oxygen atoms in total. The molecule has 0 amide bonds. The summed E-state index contributed by atoms with van der Waals surface area (Å²) in [5.74, 6) is 1.35. The van der Waals surface area contributed by atoms with Gasteiger partial charge in [-0.1, -0.05) is 35.9 Å². The fourth-order valence-corrected chi connectivity index (χ4v) is 2.85. The molecule has 0 atom stereocenters. The number of benzene rings is 2. The Morgan fingerprint density at radius 3 is 2.46 bits per heavy atom. The first-order valence-corrected chi connectivity index (χ1v) is 8.55. The molecular weight excluding hydrogens is 364 g/mol. The average Bonchev–Trinajstić information content (AvgIpc) is 2.57. The summed E-state index contributed by atoms with van der Waals surface area (Å²) in [6, 6.07) is 16.4. The van der Waals surface area contributed by atoms with Gasteiger partial charge >= 0.3 is 0 Å². The van der Waals surface area contributed by atoms with Crippen LogP contribution in [0.5, 0.6) is 0 Å². The van der Waals surface area contributed by atoms with E-state index in [1.807, 2.05) is 18.2 Å². The minimum atomic E-state index is 0.563. The summed E-state index contributed by atoms with van der Waals surface area (Å²) in [5, 5.41) is 6.56. The quantitative estimate of drug-likeness (QED) is 0.635. The summed E-state index contributed by atoms with van der Waals surface area (Å²) in [7, 11) is 0. The lowest BCUT2D eigenvalue weighted by Gasteiger charge is -2.10. The van der Waals surface area contributed by atoms with Gasteiger partial charge in [0, 0.05) is 17.2 Å². The fraction of sp³-hybridized carbons (Fsp3) is 0.158. The lowest BCUT2D eigenvalue weighted by Crippen LogP contribution is -2.04. The predicted molar refractivity (Wildman–Crippen MR) is 103 cm³/mol. The van der Waals surface area contributed by atoms with Gasteiger partial charge in [-0.15, -0.1) is 0 Å². The molecule has 0 spiro atoms. The van der Waals surface area contributed by atoms with Crippen LogP contribution in [0.15, 0.2) is 59.2 Å². The van der Waals surface area contributed by atoms with E-state index < -0.39 is 0 Å². The van der Waals surface area contributed by atoms with E-state index in [2.05, 4.69) is 80.7 Å². The van der Waals surface area contributed by atoms with Crippen LogP contribution in [0.2, 0.25) is 0 Å². The lowest BCUT2D eigenvalue weighted by molar-refractivity contribution is 1.08. The first-order valence-electron chi connectivity index (χ1n) is 7.76. The Morgan fingerprint density at radius 1 is 0.958 bits per heavy atom. The molecule has 0 saturated carbocycles. The maximum absolute atomic E-state index is 4.51. The van der Waals surface area contributed by atoms with Crippen LogP contribution in [-0.4, -0.2) is 9.97 Å². The van der Waals surface area contributed by atoms with Crippen molar-refractivity contribution >= 4 is 33.4 Å². The van der Waals surface area contributed by atoms with Crippen molar-refractivity contribution in [3.05, 3.63) is 75.9 Å². The minimum Gasteiger partial charge on any atom is -0.366 e. The molecule has 0 bridgehead atoms. The number of aryl methyl sites for hydroxylation is 2. The number of aromatic nitrogens is 2. The molecule has 0 fully saturated rings. The zero-order chi connectivity index (χ0) is 16.9. The highest BCUT2D eigenvalue weighted by Crippen LogP contribution is 2.25. The monoisotopic (exact) mass is 382 g/mol. The van der Waals surface area contributed by atoms with Crippen molar-refractivity contribution in [3.8, 4) is 0 Å². The minimum absolute atomic E-state index is 0.563. The molecule has 122 valence electrons. The maximum atomic E-state index is 4.51. The molecule has 3 rings (SSSR count). The van der Waals surface area contributed by atoms with Gasteiger partial charge in [0.1, 0.15) is 5.82 Å². The van der Waals surface area contributed by atoms with Crippen LogP contribution in [0.1, 0.15) is 16.7 Å². The molecule has 0 aliphatic heterocycles. The van der Waals surface area contributed by atoms with Crippen LogP contribution < -0.4 is 10.6 Å². The third-order valence-electron chi connectivity index (χ3n) is 3.62. The summed E-state index contributed by atoms with van der Waals surface area (Å²) >= 11 is 3.56. The lowest BCUT2D eigenvalue weighted by atomic mass is 10.1. The van der Waals surface area contributed by atoms with Crippen molar-refractivity contribution in [3.63, 3.8) is 0 Å². The van der Waals surface area contributed by atoms with E-state index in [1.54, 1.807) is 6.20 Å². The number of anilines is 3. The Bertz CT molecular complexity index is 831. The van der Waals surface area contributed by atoms with Crippen LogP contribution in [0.3, 0.4) is 0 Å². The smallest absolute Gasteiger partial charge is 0.229 e. The van der Waals surface area contributed by atoms with Crippen molar-refractivity contribution in [2.24, 2.45) is 0 Å². The summed E-state index contributed by atoms with van der Waals surface area (Å²) in [6.45, 7) is 4.87. The Kier molecular flexibility index (Phi) is 5.11. The number of halogens is 1. The first kappa shape index (κ1) is 16.5. The molecule has 0 unspecified atom stereocenters. The van der Waals surface area contributed by atoms with Crippen LogP contribution in [0.4, 0.5) is 17.5 Å². The molecule has 24 heavy (non-hydrogen) atoms. The molecule has 3 aromatic rings. The molecule has 0 radical (unpaired) electrons. The number of hydrogen-bond donors (Lipinski definition) is 2. The largest absolute Gasteiger partial charge is 0.366 e. The van der Waals surface area contributed by atoms with Crippen LogP contribution in [0.25, 0.3) is 0 Å². The molecule has 1 aromatic heterocycles. The summed E-state index contributed by atoms with van der Waals surface area (Å²) in [6.07, 6.45) is 1.74. The fourth-order valence-electron chi connectivity index (χ4n) is 2.26. The number of nitrogens with zero attached hydrogens (tertiary/aromatic N) is 2. The van der Waals surface area contributed by atoms with E-state index >= 15 is 0 Å². The van der Waals surface area contributed by atoms with Crippen molar-refractivity contribution < 1.29 is 0 Å². The summed E-state index contributed by atoms with van der Waals surface area (Å²) in [5.41, 5.74) is 4.61. The van der Waals surface area contributed by atoms with Crippen molar-refractivity contribution in [1.29, 1.82) is 0 Å². The van der Waals surface area contributed by atoms with Crippen LogP contribution in [0, 0.1) is 13.8 Å². The van der Waals surface area contributed by atoms with Crippen LogP contribution >= 0.6 is 15.9 Å². The molecule has 2 N–H and O–H groups in total. The number of nitrogens with one attached hydrogen (secondary N) is 2. The van der Waals surface area contributed by atoms with Gasteiger partial charge in [-0.2, -0.15) is 4.98 Å². The van der Waals surface area contributed by atoms with Gasteiger partial charge in [-0.25, -0.2) is 4.98 Å². The number of hydrogen-bond acceptors (Lipinski definition) is 4. The maximum Gasteiger partial charge on any atom is 0.229 e. The van der Waals surface area contributed by atoms with E-state index in [0.717, 1.165) is 22.5 Å². The van der Waals surface area contributed by atoms with Gasteiger partial charge in [0.05, 0.1) is 5.69 Å². The summed E-state index contributed by atoms with van der Waals surface area (Å²) < 4.78 is 0.990. The third kappa shape index (κ3) is 4.32. The Morgan fingerprint density at radius 2 is 1.71 bits per heavy atom. The van der Waals surface area contributed by atoms with E-state index in [4.69, 9.17) is 0 Å². The Hall–Kier alpha value is -2.40. The standard InChI is InChI=1S/C19H19BrN4/c1-13-3-6-15(7-4-13)12-22-18-9-10-21-19(24-18)23-17-8-5-14(2)11-16(17)20/h3-11H,12H2,1-2H3,(H2,21,22,23,24). The second-order valence-electron chi connectivity index (χ2n) is 5.71. The van der Waals surface area contributed by atoms with E-state index in [0.29, 0.717) is 5.95 Å². The number of rotatable bonds is 5. The second kappa shape index (κ2) is 7.45. The van der Waals surface area contributed by atoms with Crippen LogP contribution in [-0.2, 0) is 6.54 Å². The topological polar surface area (TPSA) is 49.8 Å². The highest BCUT2D eigenvalue weighted by molar-refractivity contribution is 9.10. The molecule has 2 aromatic carbocycles. The first-order chi connectivity index (χ1) is 11.6. The highest BCUT2D eigenvalue weighted by Gasteiger charge is 2.04. The Labute approximate surface area is 150 Å². The van der Waals surface area contributed by atoms with Gasteiger partial charge in [0.2, 0.25) is 5.95 Å². The molecule has 0 aliphatic carbocycles. The van der Waals surface area contributed by atoms with Crippen molar-refractivity contribution in [2.45, 2.75) is 20.4 Å². The SMILES string of the molecule is Cc1ccc(CNc2ccnc(Nc3ccc(C)cc3Br)n2)cc1. The summed E-state index contributed by atoms with van der Waals surface area (Å²) in [4.78, 5) is 8.79. The molecule has 5 heteroatoms. The van der Waals surface area contributed by atoms with Gasteiger partial charge in [0.25, 0.3) is 0 Å². The molecular formula is C19H19BrN4. The average molecular weight is 383 g/mol. The second-order valence-corrected chi connectivity index (χ2v) is 6.57. The normalized spacial score (nSPS) is 10.5. The van der Waals surface area contributed by atoms with Crippen molar-refractivity contribution in [1.82, 2.24) is 9.97 Å².